The molecule has 0 radical (unpaired) electrons. The number of methoxy groups -OCH3 is 1. The lowest BCUT2D eigenvalue weighted by Crippen LogP contribution is -2.30. The summed E-state index contributed by atoms with van der Waals surface area (Å²) in [6.07, 6.45) is 0.623. The standard InChI is InChI=1S/C16H24O3/c1-6-12(7-2)15(17)16(18)14-11(4)8-10(3)9-13(14)19-5/h8-9,12,15,17H,6-7H2,1-5H3. The van der Waals surface area contributed by atoms with Crippen molar-refractivity contribution in [2.75, 3.05) is 7.11 Å². The first-order chi connectivity index (χ1) is 8.96. The molecule has 0 aliphatic rings. The van der Waals surface area contributed by atoms with E-state index in [9.17, 15) is 9.90 Å². The van der Waals surface area contributed by atoms with Gasteiger partial charge in [0.25, 0.3) is 0 Å². The molecule has 0 fully saturated rings. The molecule has 3 nitrogen and oxygen atoms in total. The Labute approximate surface area is 115 Å². The second-order valence-corrected chi connectivity index (χ2v) is 5.04. The third-order valence-corrected chi connectivity index (χ3v) is 3.67. The molecule has 1 aromatic rings. The first-order valence-electron chi connectivity index (χ1n) is 6.83. The number of aryl methyl sites for hydroxylation is 2. The van der Waals surface area contributed by atoms with Gasteiger partial charge in [0, 0.05) is 0 Å². The Morgan fingerprint density at radius 3 is 2.32 bits per heavy atom. The predicted molar refractivity (Wildman–Crippen MR) is 76.9 cm³/mol. The number of aliphatic hydroxyl groups is 1. The topological polar surface area (TPSA) is 46.5 Å². The molecule has 0 amide bonds. The third kappa shape index (κ3) is 3.35. The molecule has 0 spiro atoms. The van der Waals surface area contributed by atoms with Crippen LogP contribution < -0.4 is 4.74 Å². The summed E-state index contributed by atoms with van der Waals surface area (Å²) in [5.74, 6) is 0.313. The molecule has 1 unspecified atom stereocenters. The van der Waals surface area contributed by atoms with Crippen LogP contribution in [0.2, 0.25) is 0 Å². The van der Waals surface area contributed by atoms with Gasteiger partial charge in [-0.2, -0.15) is 0 Å². The number of carbonyl (C=O) groups is 1. The van der Waals surface area contributed by atoms with Gasteiger partial charge in [-0.25, -0.2) is 0 Å². The number of hydrogen-bond donors (Lipinski definition) is 1. The summed E-state index contributed by atoms with van der Waals surface area (Å²) in [4.78, 5) is 12.5. The van der Waals surface area contributed by atoms with E-state index >= 15 is 0 Å². The van der Waals surface area contributed by atoms with E-state index in [1.165, 1.54) is 0 Å². The van der Waals surface area contributed by atoms with E-state index in [2.05, 4.69) is 0 Å². The fourth-order valence-corrected chi connectivity index (χ4v) is 2.50. The number of Topliss-reactive ketones (excluding diaryl/α,β-unsaturated/α-hetero) is 1. The number of rotatable bonds is 6. The van der Waals surface area contributed by atoms with Gasteiger partial charge in [0.2, 0.25) is 0 Å². The van der Waals surface area contributed by atoms with Crippen LogP contribution in [0.25, 0.3) is 0 Å². The van der Waals surface area contributed by atoms with Crippen LogP contribution in [0.4, 0.5) is 0 Å². The van der Waals surface area contributed by atoms with Crippen LogP contribution in [0.1, 0.15) is 48.2 Å². The smallest absolute Gasteiger partial charge is 0.195 e. The number of hydrogen-bond acceptors (Lipinski definition) is 3. The zero-order valence-electron chi connectivity index (χ0n) is 12.5. The average molecular weight is 264 g/mol. The molecule has 0 aromatic heterocycles. The Hall–Kier alpha value is -1.35. The average Bonchev–Trinajstić information content (AvgIpc) is 2.38. The molecule has 0 saturated heterocycles. The highest BCUT2D eigenvalue weighted by atomic mass is 16.5. The second kappa shape index (κ2) is 6.71. The molecular weight excluding hydrogens is 240 g/mol. The number of carbonyl (C=O) groups excluding carboxylic acids is 1. The molecule has 3 heteroatoms. The Bertz CT molecular complexity index is 448. The predicted octanol–water partition coefficient (Wildman–Crippen LogP) is 3.29. The molecule has 1 N–H and O–H groups in total. The van der Waals surface area contributed by atoms with E-state index in [0.717, 1.165) is 24.0 Å². The SMILES string of the molecule is CCC(CC)C(O)C(=O)c1c(C)cc(C)cc1OC. The van der Waals surface area contributed by atoms with Crippen molar-refractivity contribution in [1.29, 1.82) is 0 Å². The van der Waals surface area contributed by atoms with E-state index in [1.54, 1.807) is 7.11 Å². The first kappa shape index (κ1) is 15.7. The zero-order valence-corrected chi connectivity index (χ0v) is 12.5. The Balaban J connectivity index is 3.19. The molecule has 106 valence electrons. The quantitative estimate of drug-likeness (QED) is 0.802. The lowest BCUT2D eigenvalue weighted by Gasteiger charge is -2.21. The third-order valence-electron chi connectivity index (χ3n) is 3.67. The molecule has 1 atom stereocenters. The van der Waals surface area contributed by atoms with Gasteiger partial charge in [0.15, 0.2) is 5.78 Å². The minimum atomic E-state index is -0.953. The van der Waals surface area contributed by atoms with Gasteiger partial charge in [-0.3, -0.25) is 4.79 Å². The number of ether oxygens (including phenoxy) is 1. The molecule has 0 aliphatic heterocycles. The van der Waals surface area contributed by atoms with Gasteiger partial charge in [0.1, 0.15) is 11.9 Å². The number of aliphatic hydroxyl groups excluding tert-OH is 1. The normalized spacial score (nSPS) is 12.6. The van der Waals surface area contributed by atoms with Crippen LogP contribution in [0.5, 0.6) is 5.75 Å². The largest absolute Gasteiger partial charge is 0.496 e. The van der Waals surface area contributed by atoms with E-state index in [0.29, 0.717) is 11.3 Å². The Morgan fingerprint density at radius 1 is 1.26 bits per heavy atom. The summed E-state index contributed by atoms with van der Waals surface area (Å²) >= 11 is 0. The maximum atomic E-state index is 12.5. The maximum Gasteiger partial charge on any atom is 0.195 e. The minimum Gasteiger partial charge on any atom is -0.496 e. The Morgan fingerprint density at radius 2 is 1.84 bits per heavy atom. The summed E-state index contributed by atoms with van der Waals surface area (Å²) < 4.78 is 5.29. The van der Waals surface area contributed by atoms with Crippen molar-refractivity contribution in [1.82, 2.24) is 0 Å². The summed E-state index contributed by atoms with van der Waals surface area (Å²) in [6.45, 7) is 7.82. The number of ketones is 1. The van der Waals surface area contributed by atoms with Gasteiger partial charge < -0.3 is 9.84 Å². The summed E-state index contributed by atoms with van der Waals surface area (Å²) in [5.41, 5.74) is 2.40. The second-order valence-electron chi connectivity index (χ2n) is 5.04. The van der Waals surface area contributed by atoms with Crippen molar-refractivity contribution in [2.45, 2.75) is 46.6 Å². The van der Waals surface area contributed by atoms with Crippen LogP contribution in [-0.2, 0) is 0 Å². The van der Waals surface area contributed by atoms with Gasteiger partial charge in [-0.05, 0) is 37.0 Å². The monoisotopic (exact) mass is 264 g/mol. The molecule has 1 aromatic carbocycles. The lowest BCUT2D eigenvalue weighted by molar-refractivity contribution is 0.0584. The van der Waals surface area contributed by atoms with Crippen molar-refractivity contribution in [3.05, 3.63) is 28.8 Å². The van der Waals surface area contributed by atoms with Gasteiger partial charge in [-0.15, -0.1) is 0 Å². The maximum absolute atomic E-state index is 12.5. The van der Waals surface area contributed by atoms with Crippen LogP contribution in [0, 0.1) is 19.8 Å². The van der Waals surface area contributed by atoms with Crippen LogP contribution in [-0.4, -0.2) is 24.1 Å². The summed E-state index contributed by atoms with van der Waals surface area (Å²) in [5, 5.41) is 10.2. The summed E-state index contributed by atoms with van der Waals surface area (Å²) in [6, 6.07) is 3.77. The van der Waals surface area contributed by atoms with Crippen molar-refractivity contribution < 1.29 is 14.6 Å². The summed E-state index contributed by atoms with van der Waals surface area (Å²) in [7, 11) is 1.55. The molecule has 0 saturated carbocycles. The minimum absolute atomic E-state index is 0.00194. The lowest BCUT2D eigenvalue weighted by atomic mass is 9.88. The zero-order chi connectivity index (χ0) is 14.6. The molecular formula is C16H24O3. The molecule has 1 rings (SSSR count). The van der Waals surface area contributed by atoms with E-state index in [-0.39, 0.29) is 11.7 Å². The molecule has 19 heavy (non-hydrogen) atoms. The van der Waals surface area contributed by atoms with E-state index in [4.69, 9.17) is 4.74 Å². The van der Waals surface area contributed by atoms with E-state index in [1.807, 2.05) is 39.8 Å². The highest BCUT2D eigenvalue weighted by molar-refractivity contribution is 6.03. The number of benzene rings is 1. The van der Waals surface area contributed by atoms with Crippen LogP contribution in [0.15, 0.2) is 12.1 Å². The van der Waals surface area contributed by atoms with Crippen molar-refractivity contribution in [3.63, 3.8) is 0 Å². The fourth-order valence-electron chi connectivity index (χ4n) is 2.50. The first-order valence-corrected chi connectivity index (χ1v) is 6.83. The fraction of sp³-hybridized carbons (Fsp3) is 0.562. The molecule has 0 aliphatic carbocycles. The Kier molecular flexibility index (Phi) is 5.55. The van der Waals surface area contributed by atoms with E-state index < -0.39 is 6.10 Å². The van der Waals surface area contributed by atoms with Gasteiger partial charge >= 0.3 is 0 Å². The van der Waals surface area contributed by atoms with Crippen LogP contribution >= 0.6 is 0 Å². The highest BCUT2D eigenvalue weighted by Crippen LogP contribution is 2.28. The van der Waals surface area contributed by atoms with Gasteiger partial charge in [0.05, 0.1) is 12.7 Å². The van der Waals surface area contributed by atoms with Crippen molar-refractivity contribution >= 4 is 5.78 Å². The van der Waals surface area contributed by atoms with Crippen LogP contribution in [0.3, 0.4) is 0 Å². The van der Waals surface area contributed by atoms with Gasteiger partial charge in [-0.1, -0.05) is 32.8 Å². The molecule has 0 heterocycles. The van der Waals surface area contributed by atoms with Crippen molar-refractivity contribution in [3.8, 4) is 5.75 Å². The highest BCUT2D eigenvalue weighted by Gasteiger charge is 2.28. The molecule has 0 bridgehead atoms. The van der Waals surface area contributed by atoms with Crippen molar-refractivity contribution in [2.24, 2.45) is 5.92 Å².